The number of ether oxygens (including phenoxy) is 2. The highest BCUT2D eigenvalue weighted by molar-refractivity contribution is 5.98. The average Bonchev–Trinajstić information content (AvgIpc) is 3.11. The van der Waals surface area contributed by atoms with Crippen molar-refractivity contribution in [1.82, 2.24) is 4.90 Å². The molecule has 0 spiro atoms. The number of piperidine rings is 1. The number of nitrogens with zero attached hydrogens (tertiary/aromatic N) is 1. The Morgan fingerprint density at radius 3 is 2.86 bits per heavy atom. The maximum atomic E-state index is 11.8. The van der Waals surface area contributed by atoms with Crippen LogP contribution in [0.2, 0.25) is 0 Å². The SMILES string of the molecule is CCOC(=O)Cc1coc2cc3ccc(OCCN4CC5CC5C4)cc3cc12. The van der Waals surface area contributed by atoms with Crippen molar-refractivity contribution in [3.63, 3.8) is 0 Å². The molecule has 1 aliphatic carbocycles. The summed E-state index contributed by atoms with van der Waals surface area (Å²) in [4.78, 5) is 14.3. The molecule has 0 N–H and O–H groups in total. The van der Waals surface area contributed by atoms with Crippen LogP contribution in [0.3, 0.4) is 0 Å². The molecule has 2 fully saturated rings. The van der Waals surface area contributed by atoms with Crippen LogP contribution >= 0.6 is 0 Å². The van der Waals surface area contributed by atoms with Crippen LogP contribution in [0.15, 0.2) is 41.0 Å². The minimum Gasteiger partial charge on any atom is -0.492 e. The van der Waals surface area contributed by atoms with E-state index in [4.69, 9.17) is 13.9 Å². The first kappa shape index (κ1) is 17.6. The van der Waals surface area contributed by atoms with Gasteiger partial charge in [-0.3, -0.25) is 9.69 Å². The zero-order valence-corrected chi connectivity index (χ0v) is 16.1. The lowest BCUT2D eigenvalue weighted by Gasteiger charge is -2.17. The molecule has 2 atom stereocenters. The van der Waals surface area contributed by atoms with E-state index in [9.17, 15) is 4.79 Å². The third-order valence-corrected chi connectivity index (χ3v) is 5.96. The van der Waals surface area contributed by atoms with Gasteiger partial charge in [-0.2, -0.15) is 0 Å². The van der Waals surface area contributed by atoms with Crippen molar-refractivity contribution in [3.05, 3.63) is 42.2 Å². The van der Waals surface area contributed by atoms with E-state index in [1.54, 1.807) is 6.26 Å². The molecular formula is C23H25NO4. The number of fused-ring (bicyclic) bond motifs is 3. The molecule has 1 saturated carbocycles. The van der Waals surface area contributed by atoms with E-state index in [0.29, 0.717) is 13.2 Å². The molecule has 1 aliphatic heterocycles. The number of esters is 1. The van der Waals surface area contributed by atoms with Gasteiger partial charge in [-0.25, -0.2) is 0 Å². The van der Waals surface area contributed by atoms with Crippen LogP contribution in [0.4, 0.5) is 0 Å². The van der Waals surface area contributed by atoms with E-state index in [-0.39, 0.29) is 12.4 Å². The number of hydrogen-bond acceptors (Lipinski definition) is 5. The van der Waals surface area contributed by atoms with Crippen molar-refractivity contribution in [2.24, 2.45) is 11.8 Å². The number of carbonyl (C=O) groups excluding carboxylic acids is 1. The molecule has 0 bridgehead atoms. The summed E-state index contributed by atoms with van der Waals surface area (Å²) in [5, 5.41) is 3.13. The van der Waals surface area contributed by atoms with Gasteiger partial charge in [0.25, 0.3) is 0 Å². The quantitative estimate of drug-likeness (QED) is 0.580. The first-order valence-electron chi connectivity index (χ1n) is 10.1. The lowest BCUT2D eigenvalue weighted by molar-refractivity contribution is -0.142. The van der Waals surface area contributed by atoms with Gasteiger partial charge in [-0.15, -0.1) is 0 Å². The predicted molar refractivity (Wildman–Crippen MR) is 108 cm³/mol. The highest BCUT2D eigenvalue weighted by atomic mass is 16.5. The van der Waals surface area contributed by atoms with E-state index >= 15 is 0 Å². The molecular weight excluding hydrogens is 354 g/mol. The summed E-state index contributed by atoms with van der Waals surface area (Å²) in [5.74, 6) is 2.57. The predicted octanol–water partition coefficient (Wildman–Crippen LogP) is 4.02. The largest absolute Gasteiger partial charge is 0.492 e. The average molecular weight is 379 g/mol. The van der Waals surface area contributed by atoms with E-state index in [1.165, 1.54) is 19.5 Å². The Labute approximate surface area is 164 Å². The second-order valence-electron chi connectivity index (χ2n) is 7.96. The molecule has 2 unspecified atom stereocenters. The fourth-order valence-corrected chi connectivity index (χ4v) is 4.37. The Morgan fingerprint density at radius 1 is 1.18 bits per heavy atom. The topological polar surface area (TPSA) is 51.9 Å². The molecule has 28 heavy (non-hydrogen) atoms. The fourth-order valence-electron chi connectivity index (χ4n) is 4.37. The zero-order chi connectivity index (χ0) is 19.1. The van der Waals surface area contributed by atoms with Crippen LogP contribution < -0.4 is 4.74 Å². The van der Waals surface area contributed by atoms with Crippen LogP contribution in [0.25, 0.3) is 21.7 Å². The molecule has 146 valence electrons. The highest BCUT2D eigenvalue weighted by Crippen LogP contribution is 2.44. The number of hydrogen-bond donors (Lipinski definition) is 0. The van der Waals surface area contributed by atoms with E-state index < -0.39 is 0 Å². The van der Waals surface area contributed by atoms with Gasteiger partial charge in [0.2, 0.25) is 0 Å². The monoisotopic (exact) mass is 379 g/mol. The molecule has 2 aromatic carbocycles. The molecule has 2 heterocycles. The van der Waals surface area contributed by atoms with Gasteiger partial charge in [-0.05, 0) is 60.2 Å². The molecule has 5 heteroatoms. The van der Waals surface area contributed by atoms with E-state index in [0.717, 1.165) is 51.4 Å². The lowest BCUT2D eigenvalue weighted by Crippen LogP contribution is -2.27. The zero-order valence-electron chi connectivity index (χ0n) is 16.1. The van der Waals surface area contributed by atoms with Gasteiger partial charge in [0, 0.05) is 30.6 Å². The Hall–Kier alpha value is -2.53. The molecule has 5 rings (SSSR count). The second-order valence-corrected chi connectivity index (χ2v) is 7.96. The summed E-state index contributed by atoms with van der Waals surface area (Å²) in [7, 11) is 0. The summed E-state index contributed by atoms with van der Waals surface area (Å²) in [6.07, 6.45) is 3.31. The Morgan fingerprint density at radius 2 is 2.04 bits per heavy atom. The van der Waals surface area contributed by atoms with E-state index in [1.807, 2.05) is 19.1 Å². The summed E-state index contributed by atoms with van der Waals surface area (Å²) in [5.41, 5.74) is 1.64. The van der Waals surface area contributed by atoms with Crippen LogP contribution in [-0.4, -0.2) is 43.7 Å². The van der Waals surface area contributed by atoms with Crippen molar-refractivity contribution in [1.29, 1.82) is 0 Å². The lowest BCUT2D eigenvalue weighted by atomic mass is 10.0. The minimum atomic E-state index is -0.234. The highest BCUT2D eigenvalue weighted by Gasteiger charge is 2.44. The first-order chi connectivity index (χ1) is 13.7. The van der Waals surface area contributed by atoms with Gasteiger partial charge in [-0.1, -0.05) is 6.07 Å². The number of carbonyl (C=O) groups is 1. The van der Waals surface area contributed by atoms with Crippen LogP contribution in [0.1, 0.15) is 18.9 Å². The van der Waals surface area contributed by atoms with Crippen LogP contribution in [0, 0.1) is 11.8 Å². The van der Waals surface area contributed by atoms with Crippen LogP contribution in [0.5, 0.6) is 5.75 Å². The smallest absolute Gasteiger partial charge is 0.310 e. The third kappa shape index (κ3) is 3.47. The number of benzene rings is 2. The molecule has 1 aromatic heterocycles. The maximum Gasteiger partial charge on any atom is 0.310 e. The van der Waals surface area contributed by atoms with Crippen LogP contribution in [-0.2, 0) is 16.0 Å². The van der Waals surface area contributed by atoms with E-state index in [2.05, 4.69) is 23.1 Å². The Bertz CT molecular complexity index is 1010. The van der Waals surface area contributed by atoms with Crippen molar-refractivity contribution < 1.29 is 18.7 Å². The van der Waals surface area contributed by atoms with Gasteiger partial charge in [0.15, 0.2) is 0 Å². The molecule has 3 aromatic rings. The summed E-state index contributed by atoms with van der Waals surface area (Å²) in [6.45, 7) is 6.40. The Kier molecular flexibility index (Phi) is 4.47. The standard InChI is InChI=1S/C23H25NO4/c1-2-26-23(25)11-19-14-28-22-10-15-3-4-20(8-16(15)9-21(19)22)27-6-5-24-12-17-7-18(17)13-24/h3-4,8-10,14,17-18H,2,5-7,11-13H2,1H3. The summed E-state index contributed by atoms with van der Waals surface area (Å²) >= 11 is 0. The van der Waals surface area contributed by atoms with Gasteiger partial charge >= 0.3 is 5.97 Å². The van der Waals surface area contributed by atoms with Crippen molar-refractivity contribution in [2.45, 2.75) is 19.8 Å². The third-order valence-electron chi connectivity index (χ3n) is 5.96. The second kappa shape index (κ2) is 7.13. The number of furan rings is 1. The van der Waals surface area contributed by atoms with Gasteiger partial charge in [0.1, 0.15) is 17.9 Å². The number of rotatable bonds is 7. The number of likely N-dealkylation sites (tertiary alicyclic amines) is 1. The normalized spacial score (nSPS) is 21.2. The summed E-state index contributed by atoms with van der Waals surface area (Å²) in [6, 6.07) is 10.2. The fraction of sp³-hybridized carbons (Fsp3) is 0.435. The van der Waals surface area contributed by atoms with Crippen molar-refractivity contribution in [2.75, 3.05) is 32.8 Å². The molecule has 0 amide bonds. The molecule has 5 nitrogen and oxygen atoms in total. The molecule has 2 aliphatic rings. The maximum absolute atomic E-state index is 11.8. The molecule has 0 radical (unpaired) electrons. The van der Waals surface area contributed by atoms with Gasteiger partial charge in [0.05, 0.1) is 19.3 Å². The van der Waals surface area contributed by atoms with Crippen molar-refractivity contribution in [3.8, 4) is 5.75 Å². The molecule has 1 saturated heterocycles. The minimum absolute atomic E-state index is 0.223. The van der Waals surface area contributed by atoms with Crippen molar-refractivity contribution >= 4 is 27.7 Å². The van der Waals surface area contributed by atoms with Gasteiger partial charge < -0.3 is 13.9 Å². The summed E-state index contributed by atoms with van der Waals surface area (Å²) < 4.78 is 16.7. The Balaban J connectivity index is 1.31. The first-order valence-corrected chi connectivity index (χ1v) is 10.1.